The van der Waals surface area contributed by atoms with Gasteiger partial charge in [0.1, 0.15) is 5.56 Å². The third-order valence-corrected chi connectivity index (χ3v) is 4.57. The fourth-order valence-electron chi connectivity index (χ4n) is 1.95. The number of aromatic nitrogens is 3. The maximum Gasteiger partial charge on any atom is 0.311 e. The normalized spacial score (nSPS) is 10.7. The van der Waals surface area contributed by atoms with Crippen LogP contribution in [0.4, 0.5) is 5.13 Å². The highest BCUT2D eigenvalue weighted by Crippen LogP contribution is 2.17. The third-order valence-electron chi connectivity index (χ3n) is 2.99. The molecule has 3 aromatic rings. The Bertz CT molecular complexity index is 959. The van der Waals surface area contributed by atoms with E-state index >= 15 is 0 Å². The van der Waals surface area contributed by atoms with Gasteiger partial charge in [-0.25, -0.2) is 9.97 Å². The molecule has 24 heavy (non-hydrogen) atoms. The van der Waals surface area contributed by atoms with E-state index in [0.29, 0.717) is 22.4 Å². The van der Waals surface area contributed by atoms with Crippen molar-refractivity contribution in [2.24, 2.45) is 0 Å². The van der Waals surface area contributed by atoms with Crippen LogP contribution in [0.25, 0.3) is 4.96 Å². The number of hydrogen-bond donors (Lipinski definition) is 1. The van der Waals surface area contributed by atoms with Gasteiger partial charge in [-0.3, -0.25) is 24.1 Å². The molecule has 0 aliphatic rings. The molecule has 124 valence electrons. The van der Waals surface area contributed by atoms with Crippen LogP contribution in [-0.2, 0) is 16.0 Å². The zero-order chi connectivity index (χ0) is 17.1. The first-order chi connectivity index (χ1) is 11.6. The van der Waals surface area contributed by atoms with Crippen molar-refractivity contribution in [3.63, 3.8) is 0 Å². The summed E-state index contributed by atoms with van der Waals surface area (Å²) < 4.78 is 6.15. The van der Waals surface area contributed by atoms with E-state index in [-0.39, 0.29) is 18.0 Å². The Balaban J connectivity index is 1.74. The number of nitrogens with one attached hydrogen (secondary N) is 1. The monoisotopic (exact) mass is 364 g/mol. The third kappa shape index (κ3) is 3.34. The molecule has 3 heterocycles. The van der Waals surface area contributed by atoms with Crippen LogP contribution in [0.3, 0.4) is 0 Å². The summed E-state index contributed by atoms with van der Waals surface area (Å²) in [6.45, 7) is 2.02. The summed E-state index contributed by atoms with van der Waals surface area (Å²) in [5, 5.41) is 6.22. The lowest BCUT2D eigenvalue weighted by Gasteiger charge is -2.01. The van der Waals surface area contributed by atoms with E-state index in [1.54, 1.807) is 23.9 Å². The van der Waals surface area contributed by atoms with Crippen LogP contribution in [-0.4, -0.2) is 32.9 Å². The van der Waals surface area contributed by atoms with Crippen LogP contribution < -0.4 is 10.9 Å². The number of rotatable bonds is 5. The lowest BCUT2D eigenvalue weighted by Crippen LogP contribution is -2.25. The molecule has 0 radical (unpaired) electrons. The molecule has 0 unspecified atom stereocenters. The largest absolute Gasteiger partial charge is 0.466 e. The Labute approximate surface area is 143 Å². The summed E-state index contributed by atoms with van der Waals surface area (Å²) in [4.78, 5) is 44.6. The van der Waals surface area contributed by atoms with Gasteiger partial charge in [-0.1, -0.05) is 0 Å². The van der Waals surface area contributed by atoms with E-state index in [1.165, 1.54) is 33.3 Å². The van der Waals surface area contributed by atoms with Crippen molar-refractivity contribution in [1.29, 1.82) is 0 Å². The number of nitrogens with zero attached hydrogens (tertiary/aromatic N) is 3. The van der Waals surface area contributed by atoms with Gasteiger partial charge >= 0.3 is 5.97 Å². The molecule has 3 aromatic heterocycles. The molecule has 8 nitrogen and oxygen atoms in total. The summed E-state index contributed by atoms with van der Waals surface area (Å²) in [6, 6.07) is 0. The molecule has 0 aliphatic heterocycles. The van der Waals surface area contributed by atoms with E-state index < -0.39 is 11.5 Å². The van der Waals surface area contributed by atoms with Gasteiger partial charge in [0.05, 0.1) is 18.7 Å². The number of anilines is 1. The molecule has 0 aromatic carbocycles. The number of fused-ring (bicyclic) bond motifs is 1. The first kappa shape index (κ1) is 16.3. The molecule has 0 saturated heterocycles. The smallest absolute Gasteiger partial charge is 0.311 e. The fraction of sp³-hybridized carbons (Fsp3) is 0.214. The molecule has 0 spiro atoms. The van der Waals surface area contributed by atoms with E-state index in [4.69, 9.17) is 4.74 Å². The van der Waals surface area contributed by atoms with E-state index in [0.717, 1.165) is 0 Å². The fourth-order valence-corrected chi connectivity index (χ4v) is 3.33. The van der Waals surface area contributed by atoms with E-state index in [1.807, 2.05) is 0 Å². The molecule has 0 bridgehead atoms. The maximum absolute atomic E-state index is 12.2. The maximum atomic E-state index is 12.2. The van der Waals surface area contributed by atoms with Gasteiger partial charge in [0.15, 0.2) is 10.1 Å². The highest BCUT2D eigenvalue weighted by Gasteiger charge is 2.16. The highest BCUT2D eigenvalue weighted by atomic mass is 32.1. The van der Waals surface area contributed by atoms with Crippen LogP contribution in [0.1, 0.15) is 23.0 Å². The van der Waals surface area contributed by atoms with Crippen LogP contribution in [0.15, 0.2) is 27.9 Å². The van der Waals surface area contributed by atoms with Crippen LogP contribution in [0.2, 0.25) is 0 Å². The minimum atomic E-state index is -0.592. The molecule has 3 rings (SSSR count). The van der Waals surface area contributed by atoms with Crippen LogP contribution >= 0.6 is 22.7 Å². The SMILES string of the molecule is CCOC(=O)Cc1csc(NC(=O)c2cnc3sccn3c2=O)n1. The van der Waals surface area contributed by atoms with Gasteiger partial charge in [0.25, 0.3) is 11.5 Å². The zero-order valence-corrected chi connectivity index (χ0v) is 14.1. The first-order valence-electron chi connectivity index (χ1n) is 6.94. The van der Waals surface area contributed by atoms with Crippen molar-refractivity contribution < 1.29 is 14.3 Å². The van der Waals surface area contributed by atoms with Crippen LogP contribution in [0, 0.1) is 0 Å². The quantitative estimate of drug-likeness (QED) is 0.690. The van der Waals surface area contributed by atoms with Gasteiger partial charge < -0.3 is 4.74 Å². The molecule has 0 atom stereocenters. The van der Waals surface area contributed by atoms with Crippen molar-refractivity contribution in [3.8, 4) is 0 Å². The van der Waals surface area contributed by atoms with Crippen molar-refractivity contribution in [3.05, 3.63) is 44.8 Å². The van der Waals surface area contributed by atoms with Gasteiger partial charge in [-0.15, -0.1) is 22.7 Å². The average Bonchev–Trinajstić information content (AvgIpc) is 3.17. The zero-order valence-electron chi connectivity index (χ0n) is 12.5. The molecule has 10 heteroatoms. The Kier molecular flexibility index (Phi) is 4.67. The molecule has 1 amide bonds. The predicted molar refractivity (Wildman–Crippen MR) is 89.7 cm³/mol. The number of carbonyl (C=O) groups is 2. The Morgan fingerprint density at radius 3 is 3.00 bits per heavy atom. The lowest BCUT2D eigenvalue weighted by atomic mass is 10.3. The van der Waals surface area contributed by atoms with Crippen LogP contribution in [0.5, 0.6) is 0 Å². The summed E-state index contributed by atoms with van der Waals surface area (Å²) in [5.74, 6) is -0.976. The first-order valence-corrected chi connectivity index (χ1v) is 8.70. The highest BCUT2D eigenvalue weighted by molar-refractivity contribution is 7.15. The van der Waals surface area contributed by atoms with Crippen molar-refractivity contribution in [2.45, 2.75) is 13.3 Å². The standard InChI is InChI=1S/C14H12N4O4S2/c1-2-22-10(19)5-8-7-24-13(16-8)17-11(20)9-6-15-14-18(12(9)21)3-4-23-14/h3-4,6-7H,2,5H2,1H3,(H,16,17,20). The summed E-state index contributed by atoms with van der Waals surface area (Å²) in [7, 11) is 0. The number of amides is 1. The molecular weight excluding hydrogens is 352 g/mol. The minimum Gasteiger partial charge on any atom is -0.466 e. The molecule has 0 saturated carbocycles. The Morgan fingerprint density at radius 1 is 1.38 bits per heavy atom. The van der Waals surface area contributed by atoms with E-state index in [9.17, 15) is 14.4 Å². The number of hydrogen-bond acceptors (Lipinski definition) is 8. The molecule has 0 aliphatic carbocycles. The topological polar surface area (TPSA) is 103 Å². The lowest BCUT2D eigenvalue weighted by molar-refractivity contribution is -0.142. The van der Waals surface area contributed by atoms with Crippen molar-refractivity contribution in [2.75, 3.05) is 11.9 Å². The second kappa shape index (κ2) is 6.89. The van der Waals surface area contributed by atoms with Gasteiger partial charge in [0.2, 0.25) is 0 Å². The van der Waals surface area contributed by atoms with Crippen molar-refractivity contribution >= 4 is 44.6 Å². The summed E-state index contributed by atoms with van der Waals surface area (Å²) in [5.41, 5.74) is -0.0213. The molecule has 0 fully saturated rings. The number of carbonyl (C=O) groups excluding carboxylic acids is 2. The average molecular weight is 364 g/mol. The summed E-state index contributed by atoms with van der Waals surface area (Å²) in [6.07, 6.45) is 2.84. The predicted octanol–water partition coefficient (Wildman–Crippen LogP) is 1.57. The van der Waals surface area contributed by atoms with Gasteiger partial charge in [-0.05, 0) is 6.92 Å². The Hall–Kier alpha value is -2.59. The second-order valence-electron chi connectivity index (χ2n) is 4.61. The Morgan fingerprint density at radius 2 is 2.21 bits per heavy atom. The summed E-state index contributed by atoms with van der Waals surface area (Å²) >= 11 is 2.47. The second-order valence-corrected chi connectivity index (χ2v) is 6.34. The number of esters is 1. The number of ether oxygens (including phenoxy) is 1. The minimum absolute atomic E-state index is 0.0330. The van der Waals surface area contributed by atoms with E-state index in [2.05, 4.69) is 15.3 Å². The van der Waals surface area contributed by atoms with Gasteiger partial charge in [0, 0.05) is 23.2 Å². The molecule has 1 N–H and O–H groups in total. The van der Waals surface area contributed by atoms with Gasteiger partial charge in [-0.2, -0.15) is 0 Å². The van der Waals surface area contributed by atoms with Crippen molar-refractivity contribution in [1.82, 2.24) is 14.4 Å². The number of thiazole rings is 2. The molecular formula is C14H12N4O4S2.